The van der Waals surface area contributed by atoms with Crippen LogP contribution in [0.1, 0.15) is 16.8 Å². The molecular formula is C14H11N5O. The zero-order valence-corrected chi connectivity index (χ0v) is 11.0. The van der Waals surface area contributed by atoms with Crippen molar-refractivity contribution in [3.8, 4) is 29.2 Å². The van der Waals surface area contributed by atoms with Crippen LogP contribution >= 0.6 is 0 Å². The molecule has 98 valence electrons. The number of hydrogen-bond acceptors (Lipinski definition) is 5. The third-order valence-corrected chi connectivity index (χ3v) is 2.89. The standard InChI is InChI=1S/C14H11N5O/c1-8-5-9(2)12(16-7-8)13-18-14(20-19-13)11-4-3-10(6-15)17-11/h3-5,7,17H,1-2H3. The van der Waals surface area contributed by atoms with E-state index in [0.717, 1.165) is 11.1 Å². The first kappa shape index (κ1) is 12.1. The quantitative estimate of drug-likeness (QED) is 0.769. The molecule has 0 bridgehead atoms. The summed E-state index contributed by atoms with van der Waals surface area (Å²) in [5.41, 5.74) is 3.83. The monoisotopic (exact) mass is 265 g/mol. The van der Waals surface area contributed by atoms with Crippen LogP contribution in [0.25, 0.3) is 23.1 Å². The second-order valence-electron chi connectivity index (χ2n) is 4.50. The lowest BCUT2D eigenvalue weighted by atomic mass is 10.1. The van der Waals surface area contributed by atoms with Crippen molar-refractivity contribution >= 4 is 0 Å². The van der Waals surface area contributed by atoms with Crippen molar-refractivity contribution in [1.29, 1.82) is 5.26 Å². The van der Waals surface area contributed by atoms with Gasteiger partial charge in [-0.25, -0.2) is 0 Å². The molecule has 0 saturated heterocycles. The van der Waals surface area contributed by atoms with Crippen molar-refractivity contribution in [3.05, 3.63) is 41.2 Å². The minimum atomic E-state index is 0.336. The lowest BCUT2D eigenvalue weighted by molar-refractivity contribution is 0.431. The number of pyridine rings is 1. The minimum Gasteiger partial charge on any atom is -0.342 e. The summed E-state index contributed by atoms with van der Waals surface area (Å²) in [6.07, 6.45) is 1.76. The number of nitrogens with zero attached hydrogens (tertiary/aromatic N) is 4. The van der Waals surface area contributed by atoms with E-state index in [4.69, 9.17) is 9.78 Å². The van der Waals surface area contributed by atoms with E-state index >= 15 is 0 Å². The average Bonchev–Trinajstić information content (AvgIpc) is 3.07. The largest absolute Gasteiger partial charge is 0.342 e. The van der Waals surface area contributed by atoms with Crippen LogP contribution in [0, 0.1) is 25.2 Å². The first-order valence-electron chi connectivity index (χ1n) is 6.04. The van der Waals surface area contributed by atoms with Crippen LogP contribution < -0.4 is 0 Å². The zero-order valence-electron chi connectivity index (χ0n) is 11.0. The molecule has 0 aliphatic carbocycles. The number of nitrogens with one attached hydrogen (secondary N) is 1. The summed E-state index contributed by atoms with van der Waals surface area (Å²) >= 11 is 0. The maximum absolute atomic E-state index is 8.79. The van der Waals surface area contributed by atoms with Gasteiger partial charge in [0.15, 0.2) is 0 Å². The van der Waals surface area contributed by atoms with Gasteiger partial charge in [-0.3, -0.25) is 4.98 Å². The van der Waals surface area contributed by atoms with Gasteiger partial charge in [-0.15, -0.1) is 0 Å². The molecule has 0 aliphatic rings. The number of aromatic amines is 1. The first-order chi connectivity index (χ1) is 9.67. The first-order valence-corrected chi connectivity index (χ1v) is 6.04. The maximum atomic E-state index is 8.79. The maximum Gasteiger partial charge on any atom is 0.274 e. The van der Waals surface area contributed by atoms with Crippen molar-refractivity contribution in [2.45, 2.75) is 13.8 Å². The molecule has 0 spiro atoms. The van der Waals surface area contributed by atoms with E-state index in [1.165, 1.54) is 0 Å². The highest BCUT2D eigenvalue weighted by Crippen LogP contribution is 2.22. The number of H-pyrrole nitrogens is 1. The van der Waals surface area contributed by atoms with Crippen LogP contribution in [0.2, 0.25) is 0 Å². The van der Waals surface area contributed by atoms with E-state index in [1.54, 1.807) is 18.3 Å². The van der Waals surface area contributed by atoms with E-state index < -0.39 is 0 Å². The van der Waals surface area contributed by atoms with Crippen LogP contribution in [0.4, 0.5) is 0 Å². The molecule has 0 aliphatic heterocycles. The molecule has 0 aromatic carbocycles. The van der Waals surface area contributed by atoms with Gasteiger partial charge in [-0.05, 0) is 37.1 Å². The van der Waals surface area contributed by atoms with Crippen molar-refractivity contribution in [2.75, 3.05) is 0 Å². The Hall–Kier alpha value is -2.94. The lowest BCUT2D eigenvalue weighted by Crippen LogP contribution is -1.91. The zero-order chi connectivity index (χ0) is 14.1. The van der Waals surface area contributed by atoms with Gasteiger partial charge in [0, 0.05) is 6.20 Å². The molecule has 0 saturated carbocycles. The topological polar surface area (TPSA) is 91.4 Å². The van der Waals surface area contributed by atoms with Crippen molar-refractivity contribution < 1.29 is 4.52 Å². The molecule has 3 heterocycles. The minimum absolute atomic E-state index is 0.336. The van der Waals surface area contributed by atoms with Crippen molar-refractivity contribution in [1.82, 2.24) is 20.1 Å². The van der Waals surface area contributed by atoms with Crippen LogP contribution in [0.3, 0.4) is 0 Å². The summed E-state index contributed by atoms with van der Waals surface area (Å²) in [6.45, 7) is 3.93. The van der Waals surface area contributed by atoms with Crippen LogP contribution in [-0.4, -0.2) is 20.1 Å². The molecule has 3 aromatic rings. The van der Waals surface area contributed by atoms with Gasteiger partial charge < -0.3 is 9.51 Å². The van der Waals surface area contributed by atoms with E-state index in [9.17, 15) is 0 Å². The fourth-order valence-corrected chi connectivity index (χ4v) is 1.96. The Morgan fingerprint density at radius 1 is 1.30 bits per heavy atom. The summed E-state index contributed by atoms with van der Waals surface area (Å²) in [6, 6.07) is 7.42. The molecule has 3 aromatic heterocycles. The highest BCUT2D eigenvalue weighted by Gasteiger charge is 2.14. The normalized spacial score (nSPS) is 10.4. The van der Waals surface area contributed by atoms with Crippen LogP contribution in [0.15, 0.2) is 28.9 Å². The number of rotatable bonds is 2. The SMILES string of the molecule is Cc1cnc(-c2noc(-c3ccc(C#N)[nH]3)n2)c(C)c1. The molecular weight excluding hydrogens is 254 g/mol. The summed E-state index contributed by atoms with van der Waals surface area (Å²) in [4.78, 5) is 11.5. The van der Waals surface area contributed by atoms with Gasteiger partial charge in [0.05, 0.1) is 0 Å². The van der Waals surface area contributed by atoms with Crippen molar-refractivity contribution in [2.24, 2.45) is 0 Å². The summed E-state index contributed by atoms with van der Waals surface area (Å²) in [7, 11) is 0. The Labute approximate surface area is 115 Å². The predicted octanol–water partition coefficient (Wildman–Crippen LogP) is 2.62. The van der Waals surface area contributed by atoms with E-state index in [-0.39, 0.29) is 0 Å². The molecule has 0 atom stereocenters. The second kappa shape index (κ2) is 4.63. The van der Waals surface area contributed by atoms with Gasteiger partial charge in [0.25, 0.3) is 5.89 Å². The number of hydrogen-bond donors (Lipinski definition) is 1. The number of aryl methyl sites for hydroxylation is 2. The average molecular weight is 265 g/mol. The number of aromatic nitrogens is 4. The van der Waals surface area contributed by atoms with E-state index in [0.29, 0.717) is 28.8 Å². The van der Waals surface area contributed by atoms with Gasteiger partial charge in [0.2, 0.25) is 5.82 Å². The third-order valence-electron chi connectivity index (χ3n) is 2.89. The smallest absolute Gasteiger partial charge is 0.274 e. The van der Waals surface area contributed by atoms with E-state index in [2.05, 4.69) is 20.1 Å². The fourth-order valence-electron chi connectivity index (χ4n) is 1.96. The molecule has 6 nitrogen and oxygen atoms in total. The molecule has 0 radical (unpaired) electrons. The van der Waals surface area contributed by atoms with Gasteiger partial charge in [-0.1, -0.05) is 11.2 Å². The fraction of sp³-hybridized carbons (Fsp3) is 0.143. The lowest BCUT2D eigenvalue weighted by Gasteiger charge is -2.00. The molecule has 0 fully saturated rings. The van der Waals surface area contributed by atoms with Crippen LogP contribution in [0.5, 0.6) is 0 Å². The van der Waals surface area contributed by atoms with Crippen molar-refractivity contribution in [3.63, 3.8) is 0 Å². The van der Waals surface area contributed by atoms with Gasteiger partial charge in [0.1, 0.15) is 23.2 Å². The van der Waals surface area contributed by atoms with Gasteiger partial charge in [-0.2, -0.15) is 10.2 Å². The summed E-state index contributed by atoms with van der Waals surface area (Å²) in [5, 5.41) is 12.7. The third kappa shape index (κ3) is 2.06. The Morgan fingerprint density at radius 2 is 2.15 bits per heavy atom. The number of nitriles is 1. The Morgan fingerprint density at radius 3 is 2.85 bits per heavy atom. The second-order valence-corrected chi connectivity index (χ2v) is 4.50. The molecule has 20 heavy (non-hydrogen) atoms. The Kier molecular flexibility index (Phi) is 2.80. The Balaban J connectivity index is 2.00. The summed E-state index contributed by atoms with van der Waals surface area (Å²) < 4.78 is 5.21. The summed E-state index contributed by atoms with van der Waals surface area (Å²) in [5.74, 6) is 0.772. The molecule has 3 rings (SSSR count). The molecule has 0 amide bonds. The highest BCUT2D eigenvalue weighted by molar-refractivity contribution is 5.58. The van der Waals surface area contributed by atoms with E-state index in [1.807, 2.05) is 26.0 Å². The molecule has 0 unspecified atom stereocenters. The molecule has 6 heteroatoms. The molecule has 1 N–H and O–H groups in total. The highest BCUT2D eigenvalue weighted by atomic mass is 16.5. The van der Waals surface area contributed by atoms with Gasteiger partial charge >= 0.3 is 0 Å². The predicted molar refractivity (Wildman–Crippen MR) is 71.5 cm³/mol. The Bertz CT molecular complexity index is 809. The van der Waals surface area contributed by atoms with Crippen LogP contribution in [-0.2, 0) is 0 Å².